The normalized spacial score (nSPS) is 10.6. The number of carbonyl (C=O) groups excluding carboxylic acids is 2. The number of urea groups is 1. The van der Waals surface area contributed by atoms with Crippen LogP contribution in [-0.2, 0) is 4.79 Å². The van der Waals surface area contributed by atoms with E-state index in [1.165, 1.54) is 24.5 Å². The number of aromatic nitrogens is 1. The fraction of sp³-hybridized carbons (Fsp3) is 0.211. The third-order valence-corrected chi connectivity index (χ3v) is 4.85. The van der Waals surface area contributed by atoms with E-state index in [4.69, 9.17) is 4.74 Å². The molecule has 0 unspecified atom stereocenters. The van der Waals surface area contributed by atoms with E-state index in [0.29, 0.717) is 39.8 Å². The number of ether oxygens (including phenoxy) is 1. The van der Waals surface area contributed by atoms with E-state index in [1.54, 1.807) is 38.1 Å². The van der Waals surface area contributed by atoms with Crippen LogP contribution in [0.5, 0.6) is 5.75 Å². The molecule has 0 fully saturated rings. The largest absolute Gasteiger partial charge is 0.494 e. The Morgan fingerprint density at radius 1 is 1.14 bits per heavy atom. The first kappa shape index (κ1) is 19.6. The number of methoxy groups -OCH3 is 1. The molecule has 9 heteroatoms. The average molecular weight is 402 g/mol. The highest BCUT2D eigenvalue weighted by Crippen LogP contribution is 2.35. The van der Waals surface area contributed by atoms with E-state index in [1.807, 2.05) is 0 Å². The topological polar surface area (TPSA) is 92.3 Å². The van der Waals surface area contributed by atoms with Gasteiger partial charge in [0.1, 0.15) is 17.1 Å². The van der Waals surface area contributed by atoms with Crippen LogP contribution in [0.4, 0.5) is 25.7 Å². The highest BCUT2D eigenvalue weighted by molar-refractivity contribution is 7.22. The van der Waals surface area contributed by atoms with E-state index in [2.05, 4.69) is 20.9 Å². The van der Waals surface area contributed by atoms with Crippen LogP contribution in [0.1, 0.15) is 18.9 Å². The van der Waals surface area contributed by atoms with Crippen molar-refractivity contribution >= 4 is 50.0 Å². The SMILES string of the molecule is CCC(=O)Nc1nc2c(OC)cc(NC(=O)Nc3ccc(C)c(F)c3)cc2s1. The summed E-state index contributed by atoms with van der Waals surface area (Å²) in [4.78, 5) is 28.2. The molecule has 3 rings (SSSR count). The number of hydrogen-bond acceptors (Lipinski definition) is 5. The lowest BCUT2D eigenvalue weighted by atomic mass is 10.2. The van der Waals surface area contributed by atoms with Gasteiger partial charge in [0.15, 0.2) is 5.13 Å². The van der Waals surface area contributed by atoms with Crippen molar-refractivity contribution in [1.29, 1.82) is 0 Å². The Morgan fingerprint density at radius 3 is 2.57 bits per heavy atom. The number of carbonyl (C=O) groups is 2. The number of nitrogens with one attached hydrogen (secondary N) is 3. The van der Waals surface area contributed by atoms with Crippen LogP contribution >= 0.6 is 11.3 Å². The Bertz CT molecular complexity index is 1050. The molecule has 0 spiro atoms. The van der Waals surface area contributed by atoms with E-state index in [9.17, 15) is 14.0 Å². The number of rotatable bonds is 5. The maximum atomic E-state index is 13.6. The minimum Gasteiger partial charge on any atom is -0.494 e. The predicted octanol–water partition coefficient (Wildman–Crippen LogP) is 4.74. The molecule has 0 aliphatic carbocycles. The maximum absolute atomic E-state index is 13.6. The van der Waals surface area contributed by atoms with Gasteiger partial charge in [-0.1, -0.05) is 24.3 Å². The number of amides is 3. The highest BCUT2D eigenvalue weighted by atomic mass is 32.1. The van der Waals surface area contributed by atoms with E-state index in [-0.39, 0.29) is 5.91 Å². The van der Waals surface area contributed by atoms with Crippen molar-refractivity contribution in [2.75, 3.05) is 23.1 Å². The van der Waals surface area contributed by atoms with Crippen molar-refractivity contribution in [3.8, 4) is 5.75 Å². The first-order valence-electron chi connectivity index (χ1n) is 8.52. The van der Waals surface area contributed by atoms with Crippen LogP contribution in [0.25, 0.3) is 10.2 Å². The summed E-state index contributed by atoms with van der Waals surface area (Å²) in [5.74, 6) is -0.0734. The Kier molecular flexibility index (Phi) is 5.74. The van der Waals surface area contributed by atoms with Gasteiger partial charge in [0.25, 0.3) is 0 Å². The predicted molar refractivity (Wildman–Crippen MR) is 109 cm³/mol. The third-order valence-electron chi connectivity index (χ3n) is 3.93. The molecule has 0 aliphatic rings. The van der Waals surface area contributed by atoms with Gasteiger partial charge in [-0.05, 0) is 30.7 Å². The monoisotopic (exact) mass is 402 g/mol. The number of halogens is 1. The summed E-state index contributed by atoms with van der Waals surface area (Å²) in [6, 6.07) is 7.30. The zero-order valence-electron chi connectivity index (χ0n) is 15.6. The molecule has 1 heterocycles. The summed E-state index contributed by atoms with van der Waals surface area (Å²) in [6.07, 6.45) is 0.347. The van der Waals surface area contributed by atoms with Gasteiger partial charge >= 0.3 is 6.03 Å². The van der Waals surface area contributed by atoms with Crippen LogP contribution in [0.3, 0.4) is 0 Å². The molecule has 0 saturated carbocycles. The molecular formula is C19H19FN4O3S. The molecule has 0 saturated heterocycles. The number of anilines is 3. The quantitative estimate of drug-likeness (QED) is 0.574. The molecule has 7 nitrogen and oxygen atoms in total. The molecule has 3 aromatic rings. The Morgan fingerprint density at radius 2 is 1.89 bits per heavy atom. The van der Waals surface area contributed by atoms with Gasteiger partial charge in [-0.3, -0.25) is 4.79 Å². The van der Waals surface area contributed by atoms with Crippen LogP contribution in [-0.4, -0.2) is 24.0 Å². The van der Waals surface area contributed by atoms with Crippen LogP contribution in [0.2, 0.25) is 0 Å². The number of nitrogens with zero attached hydrogens (tertiary/aromatic N) is 1. The molecule has 2 aromatic carbocycles. The number of fused-ring (bicyclic) bond motifs is 1. The summed E-state index contributed by atoms with van der Waals surface area (Å²) in [5.41, 5.74) is 1.91. The van der Waals surface area contributed by atoms with Gasteiger partial charge in [-0.25, -0.2) is 14.2 Å². The van der Waals surface area contributed by atoms with Crippen molar-refractivity contribution in [1.82, 2.24) is 4.98 Å². The molecular weight excluding hydrogens is 383 g/mol. The minimum atomic E-state index is -0.520. The summed E-state index contributed by atoms with van der Waals surface area (Å²) in [6.45, 7) is 3.40. The number of aryl methyl sites for hydroxylation is 1. The maximum Gasteiger partial charge on any atom is 0.323 e. The lowest BCUT2D eigenvalue weighted by molar-refractivity contribution is -0.115. The smallest absolute Gasteiger partial charge is 0.323 e. The van der Waals surface area contributed by atoms with Crippen molar-refractivity contribution < 1.29 is 18.7 Å². The van der Waals surface area contributed by atoms with E-state index >= 15 is 0 Å². The summed E-state index contributed by atoms with van der Waals surface area (Å²) >= 11 is 1.27. The van der Waals surface area contributed by atoms with Gasteiger partial charge in [0.2, 0.25) is 5.91 Å². The summed E-state index contributed by atoms with van der Waals surface area (Å²) in [5, 5.41) is 8.44. The summed E-state index contributed by atoms with van der Waals surface area (Å²) < 4.78 is 19.7. The Hall–Kier alpha value is -3.20. The fourth-order valence-electron chi connectivity index (χ4n) is 2.45. The third kappa shape index (κ3) is 4.37. The molecule has 1 aromatic heterocycles. The zero-order valence-corrected chi connectivity index (χ0v) is 16.4. The number of thiazole rings is 1. The first-order valence-corrected chi connectivity index (χ1v) is 9.33. The fourth-order valence-corrected chi connectivity index (χ4v) is 3.39. The van der Waals surface area contributed by atoms with Gasteiger partial charge in [0.05, 0.1) is 11.8 Å². The molecule has 3 N–H and O–H groups in total. The second kappa shape index (κ2) is 8.22. The average Bonchev–Trinajstić information content (AvgIpc) is 3.06. The van der Waals surface area contributed by atoms with Crippen LogP contribution < -0.4 is 20.7 Å². The number of benzene rings is 2. The molecule has 0 aliphatic heterocycles. The van der Waals surface area contributed by atoms with Crippen LogP contribution in [0.15, 0.2) is 30.3 Å². The van der Waals surface area contributed by atoms with Crippen molar-refractivity contribution in [2.24, 2.45) is 0 Å². The van der Waals surface area contributed by atoms with Crippen molar-refractivity contribution in [2.45, 2.75) is 20.3 Å². The van der Waals surface area contributed by atoms with E-state index in [0.717, 1.165) is 4.70 Å². The van der Waals surface area contributed by atoms with Crippen LogP contribution in [0, 0.1) is 12.7 Å². The van der Waals surface area contributed by atoms with Crippen molar-refractivity contribution in [3.05, 3.63) is 41.7 Å². The molecule has 3 amide bonds. The van der Waals surface area contributed by atoms with Crippen molar-refractivity contribution in [3.63, 3.8) is 0 Å². The summed E-state index contributed by atoms with van der Waals surface area (Å²) in [7, 11) is 1.50. The lowest BCUT2D eigenvalue weighted by Crippen LogP contribution is -2.19. The van der Waals surface area contributed by atoms with Gasteiger partial charge in [-0.15, -0.1) is 0 Å². The standard InChI is InChI=1S/C19H19FN4O3S/c1-4-16(25)23-19-24-17-14(27-3)8-12(9-15(17)28-19)22-18(26)21-11-6-5-10(2)13(20)7-11/h5-9H,4H2,1-3H3,(H2,21,22,26)(H,23,24,25). The minimum absolute atomic E-state index is 0.138. The molecule has 146 valence electrons. The van der Waals surface area contributed by atoms with Gasteiger partial charge in [0, 0.05) is 23.9 Å². The zero-order chi connectivity index (χ0) is 20.3. The highest BCUT2D eigenvalue weighted by Gasteiger charge is 2.14. The molecule has 0 radical (unpaired) electrons. The molecule has 28 heavy (non-hydrogen) atoms. The van der Waals surface area contributed by atoms with E-state index < -0.39 is 11.8 Å². The Balaban J connectivity index is 1.80. The van der Waals surface area contributed by atoms with Gasteiger partial charge in [-0.2, -0.15) is 0 Å². The second-order valence-corrected chi connectivity index (χ2v) is 7.02. The molecule has 0 bridgehead atoms. The molecule has 0 atom stereocenters. The van der Waals surface area contributed by atoms with Gasteiger partial charge < -0.3 is 20.7 Å². The number of hydrogen-bond donors (Lipinski definition) is 3. The second-order valence-electron chi connectivity index (χ2n) is 5.99. The first-order chi connectivity index (χ1) is 13.4. The lowest BCUT2D eigenvalue weighted by Gasteiger charge is -2.10. The Labute approximate surface area is 164 Å².